The number of hydrogen-bond acceptors (Lipinski definition) is 5. The van der Waals surface area contributed by atoms with Gasteiger partial charge in [-0.1, -0.05) is 11.6 Å². The highest BCUT2D eigenvalue weighted by molar-refractivity contribution is 6.32. The van der Waals surface area contributed by atoms with Gasteiger partial charge in [-0.25, -0.2) is 4.98 Å². The number of ether oxygens (including phenoxy) is 3. The molecule has 6 nitrogen and oxygen atoms in total. The Morgan fingerprint density at radius 2 is 2.17 bits per heavy atom. The van der Waals surface area contributed by atoms with Crippen LogP contribution in [0.1, 0.15) is 13.0 Å². The number of nitrogens with zero attached hydrogens (tertiary/aromatic N) is 2. The second kappa shape index (κ2) is 6.37. The van der Waals surface area contributed by atoms with Crippen molar-refractivity contribution in [2.45, 2.75) is 31.3 Å². The summed E-state index contributed by atoms with van der Waals surface area (Å²) in [5.41, 5.74) is 0.899. The summed E-state index contributed by atoms with van der Waals surface area (Å²) >= 11 is 6.30. The van der Waals surface area contributed by atoms with Gasteiger partial charge in [0.05, 0.1) is 30.9 Å². The number of aliphatic hydroxyl groups excluding tert-OH is 1. The first-order chi connectivity index (χ1) is 11.7. The molecule has 1 N–H and O–H groups in total. The molecule has 0 unspecified atom stereocenters. The number of halogens is 1. The summed E-state index contributed by atoms with van der Waals surface area (Å²) < 4.78 is 19.0. The Morgan fingerprint density at radius 3 is 2.96 bits per heavy atom. The molecule has 2 saturated heterocycles. The van der Waals surface area contributed by atoms with Gasteiger partial charge in [0, 0.05) is 18.0 Å². The summed E-state index contributed by atoms with van der Waals surface area (Å²) in [5, 5.41) is 10.5. The SMILES string of the molecule is CCOc1ccc(-c2nccn2[C@H]2CO[C@H]3[C@@H]2OC[C@H]3O)cc1Cl. The van der Waals surface area contributed by atoms with Crippen molar-refractivity contribution in [1.82, 2.24) is 9.55 Å². The Hall–Kier alpha value is -1.60. The normalized spacial score (nSPS) is 29.0. The van der Waals surface area contributed by atoms with Crippen LogP contribution in [-0.2, 0) is 9.47 Å². The van der Waals surface area contributed by atoms with Crippen molar-refractivity contribution >= 4 is 11.6 Å². The Balaban J connectivity index is 1.65. The van der Waals surface area contributed by atoms with E-state index in [1.165, 1.54) is 0 Å². The smallest absolute Gasteiger partial charge is 0.140 e. The first-order valence-electron chi connectivity index (χ1n) is 8.06. The van der Waals surface area contributed by atoms with Crippen LogP contribution in [0.15, 0.2) is 30.6 Å². The fourth-order valence-corrected chi connectivity index (χ4v) is 3.65. The van der Waals surface area contributed by atoms with E-state index >= 15 is 0 Å². The first-order valence-corrected chi connectivity index (χ1v) is 8.43. The van der Waals surface area contributed by atoms with Crippen molar-refractivity contribution in [3.8, 4) is 17.1 Å². The van der Waals surface area contributed by atoms with Crippen molar-refractivity contribution in [2.24, 2.45) is 0 Å². The van der Waals surface area contributed by atoms with Crippen LogP contribution in [0, 0.1) is 0 Å². The third-order valence-corrected chi connectivity index (χ3v) is 4.81. The minimum atomic E-state index is -0.563. The molecule has 2 aromatic rings. The fourth-order valence-electron chi connectivity index (χ4n) is 3.41. The van der Waals surface area contributed by atoms with Crippen LogP contribution < -0.4 is 4.74 Å². The zero-order chi connectivity index (χ0) is 16.7. The van der Waals surface area contributed by atoms with Gasteiger partial charge in [0.2, 0.25) is 0 Å². The van der Waals surface area contributed by atoms with Crippen LogP contribution in [0.5, 0.6) is 5.75 Å². The molecule has 0 bridgehead atoms. The van der Waals surface area contributed by atoms with E-state index in [9.17, 15) is 5.11 Å². The average molecular weight is 351 g/mol. The number of hydrogen-bond donors (Lipinski definition) is 1. The molecule has 1 aromatic carbocycles. The van der Waals surface area contributed by atoms with Crippen LogP contribution in [-0.4, -0.2) is 52.8 Å². The monoisotopic (exact) mass is 350 g/mol. The lowest BCUT2D eigenvalue weighted by atomic mass is 10.1. The number of imidazole rings is 1. The minimum absolute atomic E-state index is 0.0185. The lowest BCUT2D eigenvalue weighted by Gasteiger charge is -2.20. The van der Waals surface area contributed by atoms with Crippen molar-refractivity contribution in [3.05, 3.63) is 35.6 Å². The van der Waals surface area contributed by atoms with Crippen LogP contribution in [0.25, 0.3) is 11.4 Å². The number of fused-ring (bicyclic) bond motifs is 1. The third kappa shape index (κ3) is 2.59. The van der Waals surface area contributed by atoms with Crippen molar-refractivity contribution < 1.29 is 19.3 Å². The molecule has 0 aliphatic carbocycles. The molecule has 2 fully saturated rings. The van der Waals surface area contributed by atoms with E-state index < -0.39 is 6.10 Å². The maximum absolute atomic E-state index is 9.91. The molecule has 7 heteroatoms. The van der Waals surface area contributed by atoms with Crippen LogP contribution in [0.4, 0.5) is 0 Å². The van der Waals surface area contributed by atoms with Crippen molar-refractivity contribution in [3.63, 3.8) is 0 Å². The van der Waals surface area contributed by atoms with Crippen LogP contribution in [0.2, 0.25) is 5.02 Å². The summed E-state index contributed by atoms with van der Waals surface area (Å²) in [5.74, 6) is 1.45. The fraction of sp³-hybridized carbons (Fsp3) is 0.471. The van der Waals surface area contributed by atoms with Crippen molar-refractivity contribution in [2.75, 3.05) is 19.8 Å². The Morgan fingerprint density at radius 1 is 1.33 bits per heavy atom. The average Bonchev–Trinajstić information content (AvgIpc) is 3.27. The molecule has 0 saturated carbocycles. The molecule has 4 atom stereocenters. The van der Waals surface area contributed by atoms with E-state index in [1.54, 1.807) is 6.20 Å². The molecule has 1 aromatic heterocycles. The molecule has 0 spiro atoms. The highest BCUT2D eigenvalue weighted by Gasteiger charge is 2.48. The maximum atomic E-state index is 9.91. The summed E-state index contributed by atoms with van der Waals surface area (Å²) in [6.07, 6.45) is 2.66. The molecule has 2 aliphatic rings. The van der Waals surface area contributed by atoms with Gasteiger partial charge in [0.1, 0.15) is 29.9 Å². The van der Waals surface area contributed by atoms with Crippen LogP contribution >= 0.6 is 11.6 Å². The molecule has 0 radical (unpaired) electrons. The van der Waals surface area contributed by atoms with Gasteiger partial charge in [-0.3, -0.25) is 0 Å². The standard InChI is InChI=1S/C17H19ClN2O4/c1-2-22-14-4-3-10(7-11(14)18)17-19-5-6-20(17)12-8-23-16-13(21)9-24-15(12)16/h3-7,12-13,15-16,21H,2,8-9H2,1H3/t12-,13+,15+,16+/m0/s1. The van der Waals surface area contributed by atoms with E-state index in [2.05, 4.69) is 4.98 Å². The van der Waals surface area contributed by atoms with E-state index in [4.69, 9.17) is 25.8 Å². The number of benzene rings is 1. The minimum Gasteiger partial charge on any atom is -0.492 e. The summed E-state index contributed by atoms with van der Waals surface area (Å²) in [7, 11) is 0. The summed E-state index contributed by atoms with van der Waals surface area (Å²) in [6.45, 7) is 3.28. The summed E-state index contributed by atoms with van der Waals surface area (Å²) in [6, 6.07) is 5.62. The van der Waals surface area contributed by atoms with E-state index in [-0.39, 0.29) is 18.2 Å². The van der Waals surface area contributed by atoms with E-state index in [1.807, 2.05) is 35.9 Å². The topological polar surface area (TPSA) is 65.7 Å². The molecular weight excluding hydrogens is 332 g/mol. The predicted octanol–water partition coefficient (Wildman–Crippen LogP) is 2.30. The molecular formula is C17H19ClN2O4. The van der Waals surface area contributed by atoms with E-state index in [0.717, 1.165) is 11.4 Å². The number of aliphatic hydroxyl groups is 1. The molecule has 2 aliphatic heterocycles. The zero-order valence-electron chi connectivity index (χ0n) is 13.3. The third-order valence-electron chi connectivity index (χ3n) is 4.52. The molecule has 3 heterocycles. The predicted molar refractivity (Wildman–Crippen MR) is 88.4 cm³/mol. The molecule has 0 amide bonds. The highest BCUT2D eigenvalue weighted by Crippen LogP contribution is 2.37. The lowest BCUT2D eigenvalue weighted by molar-refractivity contribution is 0.0172. The lowest BCUT2D eigenvalue weighted by Crippen LogP contribution is -2.30. The van der Waals surface area contributed by atoms with Gasteiger partial charge in [0.25, 0.3) is 0 Å². The van der Waals surface area contributed by atoms with E-state index in [0.29, 0.717) is 30.6 Å². The molecule has 4 rings (SSSR count). The Kier molecular flexibility index (Phi) is 4.22. The van der Waals surface area contributed by atoms with Gasteiger partial charge >= 0.3 is 0 Å². The largest absolute Gasteiger partial charge is 0.492 e. The Labute approximate surface area is 144 Å². The first kappa shape index (κ1) is 15.9. The zero-order valence-corrected chi connectivity index (χ0v) is 14.0. The summed E-state index contributed by atoms with van der Waals surface area (Å²) in [4.78, 5) is 4.47. The second-order valence-corrected chi connectivity index (χ2v) is 6.37. The highest BCUT2D eigenvalue weighted by atomic mass is 35.5. The van der Waals surface area contributed by atoms with Gasteiger partial charge in [0.15, 0.2) is 0 Å². The quantitative estimate of drug-likeness (QED) is 0.916. The maximum Gasteiger partial charge on any atom is 0.140 e. The van der Waals surface area contributed by atoms with Gasteiger partial charge < -0.3 is 23.9 Å². The molecule has 128 valence electrons. The van der Waals surface area contributed by atoms with Crippen LogP contribution in [0.3, 0.4) is 0 Å². The number of aromatic nitrogens is 2. The second-order valence-electron chi connectivity index (χ2n) is 5.97. The number of rotatable bonds is 4. The Bertz CT molecular complexity index is 735. The van der Waals surface area contributed by atoms with Crippen molar-refractivity contribution in [1.29, 1.82) is 0 Å². The van der Waals surface area contributed by atoms with Gasteiger partial charge in [-0.2, -0.15) is 0 Å². The van der Waals surface area contributed by atoms with Gasteiger partial charge in [-0.15, -0.1) is 0 Å². The molecule has 24 heavy (non-hydrogen) atoms. The van der Waals surface area contributed by atoms with Gasteiger partial charge in [-0.05, 0) is 25.1 Å².